The first-order valence-corrected chi connectivity index (χ1v) is 11.8. The lowest BCUT2D eigenvalue weighted by Gasteiger charge is -2.16. The van der Waals surface area contributed by atoms with Crippen LogP contribution in [0.1, 0.15) is 40.0 Å². The summed E-state index contributed by atoms with van der Waals surface area (Å²) in [6.45, 7) is 2.20. The molecule has 5 N–H and O–H groups in total. The molecular formula is C28H23FN8O. The quantitative estimate of drug-likeness (QED) is 0.250. The molecule has 0 saturated carbocycles. The number of hydrogen-bond acceptors (Lipinski definition) is 7. The highest BCUT2D eigenvalue weighted by Crippen LogP contribution is 2.25. The lowest BCUT2D eigenvalue weighted by atomic mass is 10.0. The number of nitrogens with zero attached hydrogens (tertiary/aromatic N) is 4. The fourth-order valence-corrected chi connectivity index (χ4v) is 4.03. The van der Waals surface area contributed by atoms with E-state index < -0.39 is 5.91 Å². The van der Waals surface area contributed by atoms with E-state index in [1.165, 1.54) is 24.4 Å². The lowest BCUT2D eigenvalue weighted by molar-refractivity contribution is 0.0940. The molecule has 2 aromatic carbocycles. The fraction of sp³-hybridized carbons (Fsp3) is 0.107. The summed E-state index contributed by atoms with van der Waals surface area (Å²) in [6.07, 6.45) is 3.16. The second-order valence-electron chi connectivity index (χ2n) is 8.76. The number of nitrogens with one attached hydrogen (secondary N) is 3. The van der Waals surface area contributed by atoms with Gasteiger partial charge in [-0.05, 0) is 47.9 Å². The van der Waals surface area contributed by atoms with Crippen LogP contribution in [0.3, 0.4) is 0 Å². The normalized spacial score (nSPS) is 11.6. The summed E-state index contributed by atoms with van der Waals surface area (Å²) in [7, 11) is 0. The van der Waals surface area contributed by atoms with Crippen LogP contribution in [-0.2, 0) is 6.54 Å². The van der Waals surface area contributed by atoms with E-state index in [1.807, 2.05) is 36.4 Å². The Morgan fingerprint density at radius 2 is 1.84 bits per heavy atom. The van der Waals surface area contributed by atoms with E-state index >= 15 is 0 Å². The third-order valence-corrected chi connectivity index (χ3v) is 6.17. The number of halogens is 1. The van der Waals surface area contributed by atoms with Gasteiger partial charge in [-0.1, -0.05) is 36.4 Å². The van der Waals surface area contributed by atoms with Crippen LogP contribution >= 0.6 is 0 Å². The Labute approximate surface area is 217 Å². The average molecular weight is 507 g/mol. The molecule has 0 aliphatic heterocycles. The molecule has 0 aliphatic rings. The van der Waals surface area contributed by atoms with Gasteiger partial charge in [0.05, 0.1) is 22.6 Å². The molecule has 5 aromatic rings. The number of rotatable bonds is 7. The number of carbonyl (C=O) groups is 1. The predicted molar refractivity (Wildman–Crippen MR) is 142 cm³/mol. The highest BCUT2D eigenvalue weighted by atomic mass is 19.1. The van der Waals surface area contributed by atoms with E-state index in [0.717, 1.165) is 27.6 Å². The van der Waals surface area contributed by atoms with Crippen molar-refractivity contribution in [3.8, 4) is 17.2 Å². The molecule has 1 atom stereocenters. The number of aromatic nitrogens is 4. The summed E-state index contributed by atoms with van der Waals surface area (Å²) in [4.78, 5) is 21.7. The standard InChI is InChI=1S/C28H23FN8O/c1-16(19-6-8-22(29)9-7-19)35-28(38)24-10-18(12-30)14-33-26(24)32-13-17-2-4-20(5-3-17)21-11-23-25(31)36-37-27(23)34-15-21/h2-11,14-16H,13H2,1H3,(H,32,33)(H,35,38)(H3,31,34,36,37)/t16-/m0/s1. The Balaban J connectivity index is 1.30. The summed E-state index contributed by atoms with van der Waals surface area (Å²) in [5.41, 5.74) is 10.6. The van der Waals surface area contributed by atoms with Crippen LogP contribution in [-0.4, -0.2) is 26.1 Å². The van der Waals surface area contributed by atoms with Gasteiger partial charge in [-0.25, -0.2) is 14.4 Å². The zero-order valence-corrected chi connectivity index (χ0v) is 20.4. The minimum atomic E-state index is -0.398. The Kier molecular flexibility index (Phi) is 6.65. The molecule has 3 heterocycles. The van der Waals surface area contributed by atoms with Gasteiger partial charge < -0.3 is 16.4 Å². The molecule has 9 nitrogen and oxygen atoms in total. The molecule has 0 saturated heterocycles. The monoisotopic (exact) mass is 506 g/mol. The van der Waals surface area contributed by atoms with E-state index in [-0.39, 0.29) is 23.0 Å². The van der Waals surface area contributed by atoms with Gasteiger partial charge in [0.25, 0.3) is 5.91 Å². The maximum atomic E-state index is 13.3. The number of benzene rings is 2. The molecule has 1 amide bonds. The van der Waals surface area contributed by atoms with E-state index in [4.69, 9.17) is 5.73 Å². The van der Waals surface area contributed by atoms with Crippen molar-refractivity contribution in [1.29, 1.82) is 5.26 Å². The number of carbonyl (C=O) groups excluding carboxylic acids is 1. The van der Waals surface area contributed by atoms with E-state index in [2.05, 4.69) is 30.8 Å². The molecule has 38 heavy (non-hydrogen) atoms. The highest BCUT2D eigenvalue weighted by Gasteiger charge is 2.17. The molecule has 188 valence electrons. The van der Waals surface area contributed by atoms with Gasteiger partial charge in [-0.3, -0.25) is 9.89 Å². The number of hydrogen-bond donors (Lipinski definition) is 4. The smallest absolute Gasteiger partial charge is 0.255 e. The maximum absolute atomic E-state index is 13.3. The van der Waals surface area contributed by atoms with Gasteiger partial charge in [0, 0.05) is 24.5 Å². The predicted octanol–water partition coefficient (Wildman–Crippen LogP) is 4.72. The van der Waals surface area contributed by atoms with Crippen LogP contribution < -0.4 is 16.4 Å². The number of nitrogen functional groups attached to an aromatic ring is 1. The Morgan fingerprint density at radius 1 is 1.08 bits per heavy atom. The summed E-state index contributed by atoms with van der Waals surface area (Å²) in [6, 6.07) is 18.9. The summed E-state index contributed by atoms with van der Waals surface area (Å²) >= 11 is 0. The summed E-state index contributed by atoms with van der Waals surface area (Å²) in [5.74, 6) is 0.0720. The SMILES string of the molecule is C[C@H](NC(=O)c1cc(C#N)cnc1NCc1ccc(-c2cnc3n[nH]c(N)c3c2)cc1)c1ccc(F)cc1. The van der Waals surface area contributed by atoms with Crippen molar-refractivity contribution in [3.63, 3.8) is 0 Å². The number of fused-ring (bicyclic) bond motifs is 1. The number of nitriles is 1. The molecule has 10 heteroatoms. The Hall–Kier alpha value is -5.30. The third kappa shape index (κ3) is 5.12. The zero-order chi connectivity index (χ0) is 26.6. The van der Waals surface area contributed by atoms with Crippen LogP contribution in [0.2, 0.25) is 0 Å². The molecule has 0 fully saturated rings. The van der Waals surface area contributed by atoms with Crippen molar-refractivity contribution >= 4 is 28.6 Å². The molecule has 0 bridgehead atoms. The lowest BCUT2D eigenvalue weighted by Crippen LogP contribution is -2.28. The van der Waals surface area contributed by atoms with Crippen LogP contribution in [0.5, 0.6) is 0 Å². The number of anilines is 2. The number of nitrogens with two attached hydrogens (primary N) is 1. The second kappa shape index (κ2) is 10.4. The molecule has 5 rings (SSSR count). The van der Waals surface area contributed by atoms with Crippen molar-refractivity contribution in [2.24, 2.45) is 0 Å². The minimum Gasteiger partial charge on any atom is -0.384 e. The first kappa shape index (κ1) is 24.4. The molecular weight excluding hydrogens is 483 g/mol. The number of amides is 1. The molecule has 0 spiro atoms. The number of aromatic amines is 1. The largest absolute Gasteiger partial charge is 0.384 e. The van der Waals surface area contributed by atoms with Gasteiger partial charge in [0.2, 0.25) is 0 Å². The van der Waals surface area contributed by atoms with Gasteiger partial charge in [0.15, 0.2) is 5.65 Å². The molecule has 3 aromatic heterocycles. The van der Waals surface area contributed by atoms with Crippen molar-refractivity contribution < 1.29 is 9.18 Å². The molecule has 0 radical (unpaired) electrons. The second-order valence-corrected chi connectivity index (χ2v) is 8.76. The third-order valence-electron chi connectivity index (χ3n) is 6.17. The van der Waals surface area contributed by atoms with Crippen molar-refractivity contribution in [1.82, 2.24) is 25.5 Å². The van der Waals surface area contributed by atoms with Crippen LogP contribution in [0.15, 0.2) is 73.1 Å². The van der Waals surface area contributed by atoms with Gasteiger partial charge in [-0.2, -0.15) is 10.4 Å². The van der Waals surface area contributed by atoms with E-state index in [0.29, 0.717) is 23.8 Å². The number of pyridine rings is 2. The topological polar surface area (TPSA) is 145 Å². The minimum absolute atomic E-state index is 0.242. The first-order chi connectivity index (χ1) is 18.4. The van der Waals surface area contributed by atoms with Crippen LogP contribution in [0.4, 0.5) is 16.0 Å². The number of H-pyrrole nitrogens is 1. The van der Waals surface area contributed by atoms with Gasteiger partial charge >= 0.3 is 0 Å². The van der Waals surface area contributed by atoms with Crippen LogP contribution in [0.25, 0.3) is 22.2 Å². The van der Waals surface area contributed by atoms with Gasteiger partial charge in [0.1, 0.15) is 23.5 Å². The van der Waals surface area contributed by atoms with Crippen LogP contribution in [0, 0.1) is 17.1 Å². The van der Waals surface area contributed by atoms with E-state index in [9.17, 15) is 14.4 Å². The highest BCUT2D eigenvalue weighted by molar-refractivity contribution is 5.99. The Morgan fingerprint density at radius 3 is 2.58 bits per heavy atom. The first-order valence-electron chi connectivity index (χ1n) is 11.8. The maximum Gasteiger partial charge on any atom is 0.255 e. The fourth-order valence-electron chi connectivity index (χ4n) is 4.03. The van der Waals surface area contributed by atoms with Crippen molar-refractivity contribution in [2.75, 3.05) is 11.1 Å². The van der Waals surface area contributed by atoms with E-state index in [1.54, 1.807) is 25.3 Å². The molecule has 0 aliphatic carbocycles. The zero-order valence-electron chi connectivity index (χ0n) is 20.4. The van der Waals surface area contributed by atoms with Crippen molar-refractivity contribution in [2.45, 2.75) is 19.5 Å². The summed E-state index contributed by atoms with van der Waals surface area (Å²) < 4.78 is 13.3. The van der Waals surface area contributed by atoms with Crippen molar-refractivity contribution in [3.05, 3.63) is 101 Å². The Bertz CT molecular complexity index is 1660. The summed E-state index contributed by atoms with van der Waals surface area (Å²) in [5, 5.41) is 22.9. The molecule has 0 unspecified atom stereocenters. The van der Waals surface area contributed by atoms with Gasteiger partial charge in [-0.15, -0.1) is 0 Å². The average Bonchev–Trinajstić information content (AvgIpc) is 3.32.